The van der Waals surface area contributed by atoms with E-state index in [-0.39, 0.29) is 0 Å². The topological polar surface area (TPSA) is 0 Å². The van der Waals surface area contributed by atoms with Crippen LogP contribution in [0.15, 0.2) is 12.2 Å². The zero-order valence-electron chi connectivity index (χ0n) is 16.0. The summed E-state index contributed by atoms with van der Waals surface area (Å²) in [6.45, 7) is 2.29. The molecule has 0 aromatic heterocycles. The zero-order valence-corrected chi connectivity index (χ0v) is 17.6. The van der Waals surface area contributed by atoms with Gasteiger partial charge in [-0.25, -0.2) is 0 Å². The lowest BCUT2D eigenvalue weighted by atomic mass is 10.1. The van der Waals surface area contributed by atoms with Crippen LogP contribution in [0.5, 0.6) is 0 Å². The molecule has 1 heteroatoms. The summed E-state index contributed by atoms with van der Waals surface area (Å²) >= 11 is 3.50. The molecule has 0 atom stereocenters. The highest BCUT2D eigenvalue weighted by Gasteiger charge is 1.93. The molecule has 0 radical (unpaired) electrons. The number of allylic oxidation sites excluding steroid dienone is 2. The molecule has 0 bridgehead atoms. The lowest BCUT2D eigenvalue weighted by molar-refractivity contribution is 0.558. The van der Waals surface area contributed by atoms with Gasteiger partial charge in [-0.3, -0.25) is 0 Å². The third-order valence-electron chi connectivity index (χ3n) is 4.65. The predicted molar refractivity (Wildman–Crippen MR) is 112 cm³/mol. The molecule has 0 aromatic rings. The van der Waals surface area contributed by atoms with Crippen LogP contribution in [0, 0.1) is 0 Å². The molecule has 0 heterocycles. The molecule has 0 saturated carbocycles. The van der Waals surface area contributed by atoms with E-state index in [1.54, 1.807) is 0 Å². The van der Waals surface area contributed by atoms with Crippen molar-refractivity contribution in [3.8, 4) is 0 Å². The second kappa shape index (κ2) is 22.2. The Morgan fingerprint density at radius 3 is 1.22 bits per heavy atom. The highest BCUT2D eigenvalue weighted by atomic mass is 79.9. The standard InChI is InChI=1S/C22H43Br/c1-2-3-4-5-6-7-8-9-10-11-12-13-14-15-16-17-18-19-20-21-22-23/h9-10H,2-8,11-22H2,1H3. The average molecular weight is 387 g/mol. The van der Waals surface area contributed by atoms with E-state index in [4.69, 9.17) is 0 Å². The molecule has 0 aliphatic carbocycles. The SMILES string of the molecule is CCCCCCCCC=CCCCCCCCCCCCCBr. The summed E-state index contributed by atoms with van der Waals surface area (Å²) in [6.07, 6.45) is 30.3. The van der Waals surface area contributed by atoms with Crippen LogP contribution in [-0.4, -0.2) is 5.33 Å². The molecule has 0 amide bonds. The largest absolute Gasteiger partial charge is 0.0928 e. The molecule has 0 spiro atoms. The summed E-state index contributed by atoms with van der Waals surface area (Å²) in [6, 6.07) is 0. The van der Waals surface area contributed by atoms with E-state index in [2.05, 4.69) is 35.0 Å². The van der Waals surface area contributed by atoms with Crippen LogP contribution in [-0.2, 0) is 0 Å². The number of rotatable bonds is 19. The van der Waals surface area contributed by atoms with Gasteiger partial charge in [-0.1, -0.05) is 118 Å². The quantitative estimate of drug-likeness (QED) is 0.118. The molecular weight excluding hydrogens is 344 g/mol. The molecule has 0 rings (SSSR count). The van der Waals surface area contributed by atoms with Crippen molar-refractivity contribution >= 4 is 15.9 Å². The molecule has 0 aromatic carbocycles. The van der Waals surface area contributed by atoms with Crippen molar-refractivity contribution in [3.05, 3.63) is 12.2 Å². The summed E-state index contributed by atoms with van der Waals surface area (Å²) in [5.74, 6) is 0. The highest BCUT2D eigenvalue weighted by Crippen LogP contribution is 2.12. The van der Waals surface area contributed by atoms with Gasteiger partial charge >= 0.3 is 0 Å². The van der Waals surface area contributed by atoms with E-state index in [1.165, 1.54) is 121 Å². The maximum absolute atomic E-state index is 3.50. The van der Waals surface area contributed by atoms with Crippen LogP contribution in [0.3, 0.4) is 0 Å². The van der Waals surface area contributed by atoms with Crippen LogP contribution < -0.4 is 0 Å². The first-order chi connectivity index (χ1) is 11.4. The van der Waals surface area contributed by atoms with Gasteiger partial charge in [0.05, 0.1) is 0 Å². The van der Waals surface area contributed by atoms with E-state index in [0.29, 0.717) is 0 Å². The lowest BCUT2D eigenvalue weighted by Crippen LogP contribution is -1.82. The number of alkyl halides is 1. The molecule has 0 fully saturated rings. The summed E-state index contributed by atoms with van der Waals surface area (Å²) in [4.78, 5) is 0. The lowest BCUT2D eigenvalue weighted by Gasteiger charge is -2.01. The number of unbranched alkanes of at least 4 members (excludes halogenated alkanes) is 16. The van der Waals surface area contributed by atoms with Crippen molar-refractivity contribution in [1.82, 2.24) is 0 Å². The Labute approximate surface area is 156 Å². The minimum Gasteiger partial charge on any atom is -0.0928 e. The Bertz CT molecular complexity index is 222. The van der Waals surface area contributed by atoms with Crippen molar-refractivity contribution in [3.63, 3.8) is 0 Å². The minimum atomic E-state index is 1.18. The van der Waals surface area contributed by atoms with Gasteiger partial charge in [0.25, 0.3) is 0 Å². The van der Waals surface area contributed by atoms with Gasteiger partial charge in [0.15, 0.2) is 0 Å². The predicted octanol–water partition coefficient (Wildman–Crippen LogP) is 8.98. The molecule has 0 aliphatic heterocycles. The number of halogens is 1. The average Bonchev–Trinajstić information content (AvgIpc) is 2.57. The van der Waals surface area contributed by atoms with Crippen molar-refractivity contribution in [2.24, 2.45) is 0 Å². The molecule has 0 saturated heterocycles. The van der Waals surface area contributed by atoms with Crippen LogP contribution in [0.2, 0.25) is 0 Å². The van der Waals surface area contributed by atoms with Gasteiger partial charge in [0.2, 0.25) is 0 Å². The molecule has 138 valence electrons. The van der Waals surface area contributed by atoms with Gasteiger partial charge < -0.3 is 0 Å². The van der Waals surface area contributed by atoms with Crippen LogP contribution in [0.4, 0.5) is 0 Å². The fraction of sp³-hybridized carbons (Fsp3) is 0.909. The van der Waals surface area contributed by atoms with Crippen molar-refractivity contribution in [2.75, 3.05) is 5.33 Å². The minimum absolute atomic E-state index is 1.18. The van der Waals surface area contributed by atoms with Crippen molar-refractivity contribution in [2.45, 2.75) is 122 Å². The molecular formula is C22H43Br. The maximum atomic E-state index is 3.50. The van der Waals surface area contributed by atoms with E-state index in [1.807, 2.05) is 0 Å². The maximum Gasteiger partial charge on any atom is 0.00313 e. The zero-order chi connectivity index (χ0) is 16.8. The van der Waals surface area contributed by atoms with Crippen LogP contribution in [0.25, 0.3) is 0 Å². The highest BCUT2D eigenvalue weighted by molar-refractivity contribution is 9.09. The molecule has 0 nitrogen and oxygen atoms in total. The second-order valence-corrected chi connectivity index (χ2v) is 7.83. The number of hydrogen-bond donors (Lipinski definition) is 0. The van der Waals surface area contributed by atoms with E-state index in [0.717, 1.165) is 0 Å². The first-order valence-corrected chi connectivity index (χ1v) is 11.7. The molecule has 0 aliphatic rings. The Hall–Kier alpha value is 0.220. The van der Waals surface area contributed by atoms with Gasteiger partial charge in [-0.05, 0) is 32.1 Å². The summed E-state index contributed by atoms with van der Waals surface area (Å²) in [7, 11) is 0. The van der Waals surface area contributed by atoms with Gasteiger partial charge in [0.1, 0.15) is 0 Å². The van der Waals surface area contributed by atoms with Crippen LogP contribution >= 0.6 is 15.9 Å². The van der Waals surface area contributed by atoms with Gasteiger partial charge in [-0.2, -0.15) is 0 Å². The Balaban J connectivity index is 3.02. The second-order valence-electron chi connectivity index (χ2n) is 7.04. The number of hydrogen-bond acceptors (Lipinski definition) is 0. The first kappa shape index (κ1) is 23.2. The normalized spacial score (nSPS) is 11.6. The van der Waals surface area contributed by atoms with E-state index < -0.39 is 0 Å². The Kier molecular flexibility index (Phi) is 22.4. The Morgan fingerprint density at radius 2 is 0.826 bits per heavy atom. The summed E-state index contributed by atoms with van der Waals surface area (Å²) in [5.41, 5.74) is 0. The first-order valence-electron chi connectivity index (χ1n) is 10.6. The smallest absolute Gasteiger partial charge is 0.00313 e. The van der Waals surface area contributed by atoms with Gasteiger partial charge in [-0.15, -0.1) is 0 Å². The fourth-order valence-electron chi connectivity index (χ4n) is 3.05. The monoisotopic (exact) mass is 386 g/mol. The van der Waals surface area contributed by atoms with Gasteiger partial charge in [0, 0.05) is 5.33 Å². The van der Waals surface area contributed by atoms with Crippen molar-refractivity contribution < 1.29 is 0 Å². The van der Waals surface area contributed by atoms with E-state index >= 15 is 0 Å². The molecule has 0 N–H and O–H groups in total. The molecule has 0 unspecified atom stereocenters. The van der Waals surface area contributed by atoms with E-state index in [9.17, 15) is 0 Å². The molecule has 23 heavy (non-hydrogen) atoms. The third kappa shape index (κ3) is 22.2. The third-order valence-corrected chi connectivity index (χ3v) is 5.21. The Morgan fingerprint density at radius 1 is 0.478 bits per heavy atom. The summed E-state index contributed by atoms with van der Waals surface area (Å²) in [5, 5.41) is 1.18. The van der Waals surface area contributed by atoms with Crippen LogP contribution in [0.1, 0.15) is 122 Å². The van der Waals surface area contributed by atoms with Crippen molar-refractivity contribution in [1.29, 1.82) is 0 Å². The summed E-state index contributed by atoms with van der Waals surface area (Å²) < 4.78 is 0. The fourth-order valence-corrected chi connectivity index (χ4v) is 3.45.